The third-order valence-electron chi connectivity index (χ3n) is 3.39. The number of benzene rings is 1. The molecule has 0 bridgehead atoms. The fraction of sp³-hybridized carbons (Fsp3) is 0.294. The Morgan fingerprint density at radius 1 is 1.24 bits per heavy atom. The second kappa shape index (κ2) is 8.44. The summed E-state index contributed by atoms with van der Waals surface area (Å²) in [4.78, 5) is 18.1. The van der Waals surface area contributed by atoms with E-state index in [9.17, 15) is 13.2 Å². The molecule has 0 atom stereocenters. The summed E-state index contributed by atoms with van der Waals surface area (Å²) < 4.78 is 25.2. The van der Waals surface area contributed by atoms with Crippen LogP contribution in [-0.4, -0.2) is 39.2 Å². The van der Waals surface area contributed by atoms with Crippen LogP contribution in [0.4, 0.5) is 5.82 Å². The van der Waals surface area contributed by atoms with Crippen LogP contribution < -0.4 is 10.2 Å². The first-order valence-corrected chi connectivity index (χ1v) is 10.2. The van der Waals surface area contributed by atoms with Crippen LogP contribution in [0.2, 0.25) is 0 Å². The molecule has 0 saturated carbocycles. The van der Waals surface area contributed by atoms with Crippen LogP contribution >= 0.6 is 15.9 Å². The summed E-state index contributed by atoms with van der Waals surface area (Å²) >= 11 is 3.31. The smallest absolute Gasteiger partial charge is 0.235 e. The number of sulfone groups is 1. The average molecular weight is 426 g/mol. The molecule has 134 valence electrons. The molecule has 0 spiro atoms. The van der Waals surface area contributed by atoms with Crippen LogP contribution in [0.5, 0.6) is 0 Å². The number of hydrogen-bond acceptors (Lipinski definition) is 5. The van der Waals surface area contributed by atoms with Gasteiger partial charge in [0, 0.05) is 36.9 Å². The number of anilines is 1. The van der Waals surface area contributed by atoms with Gasteiger partial charge in [-0.15, -0.1) is 0 Å². The minimum absolute atomic E-state index is 0.171. The molecular weight excluding hydrogens is 406 g/mol. The SMILES string of the molecule is CN(C)c1ncccc1CNC(=O)CS(=O)(=O)Cc1cccc(Br)c1. The summed E-state index contributed by atoms with van der Waals surface area (Å²) in [6, 6.07) is 10.7. The van der Waals surface area contributed by atoms with Crippen molar-refractivity contribution >= 4 is 37.5 Å². The molecule has 0 radical (unpaired) electrons. The van der Waals surface area contributed by atoms with Gasteiger partial charge in [0.05, 0.1) is 5.75 Å². The molecule has 25 heavy (non-hydrogen) atoms. The van der Waals surface area contributed by atoms with E-state index in [4.69, 9.17) is 0 Å². The molecule has 6 nitrogen and oxygen atoms in total. The number of aromatic nitrogens is 1. The fourth-order valence-corrected chi connectivity index (χ4v) is 4.08. The fourth-order valence-electron chi connectivity index (χ4n) is 2.35. The minimum atomic E-state index is -3.54. The van der Waals surface area contributed by atoms with Crippen molar-refractivity contribution in [2.45, 2.75) is 12.3 Å². The number of pyridine rings is 1. The summed E-state index contributed by atoms with van der Waals surface area (Å²) in [5, 5.41) is 2.65. The highest BCUT2D eigenvalue weighted by molar-refractivity contribution is 9.10. The van der Waals surface area contributed by atoms with Gasteiger partial charge in [0.15, 0.2) is 9.84 Å². The van der Waals surface area contributed by atoms with Crippen LogP contribution in [-0.2, 0) is 26.9 Å². The Morgan fingerprint density at radius 2 is 2.00 bits per heavy atom. The third kappa shape index (κ3) is 6.13. The van der Waals surface area contributed by atoms with Crippen molar-refractivity contribution < 1.29 is 13.2 Å². The van der Waals surface area contributed by atoms with Crippen LogP contribution in [0, 0.1) is 0 Å². The van der Waals surface area contributed by atoms with Crippen LogP contribution in [0.25, 0.3) is 0 Å². The van der Waals surface area contributed by atoms with Crippen molar-refractivity contribution in [2.75, 3.05) is 24.7 Å². The number of hydrogen-bond donors (Lipinski definition) is 1. The molecule has 0 aliphatic heterocycles. The zero-order valence-corrected chi connectivity index (χ0v) is 16.5. The Bertz CT molecular complexity index is 854. The number of nitrogens with one attached hydrogen (secondary N) is 1. The molecule has 1 heterocycles. The first-order valence-electron chi connectivity index (χ1n) is 7.59. The quantitative estimate of drug-likeness (QED) is 0.734. The lowest BCUT2D eigenvalue weighted by Gasteiger charge is -2.16. The summed E-state index contributed by atoms with van der Waals surface area (Å²) in [6.45, 7) is 0.229. The maximum atomic E-state index is 12.2. The highest BCUT2D eigenvalue weighted by Gasteiger charge is 2.18. The Kier molecular flexibility index (Phi) is 6.55. The molecule has 2 rings (SSSR count). The van der Waals surface area contributed by atoms with E-state index in [1.165, 1.54) is 0 Å². The summed E-state index contributed by atoms with van der Waals surface area (Å²) in [7, 11) is 0.174. The maximum absolute atomic E-state index is 12.2. The van der Waals surface area contributed by atoms with E-state index in [0.29, 0.717) is 5.56 Å². The van der Waals surface area contributed by atoms with Gasteiger partial charge in [0.2, 0.25) is 5.91 Å². The molecule has 0 fully saturated rings. The standard InChI is InChI=1S/C17H20BrN3O3S/c1-21(2)17-14(6-4-8-19-17)10-20-16(22)12-25(23,24)11-13-5-3-7-15(18)9-13/h3-9H,10-12H2,1-2H3,(H,20,22). The number of nitrogens with zero attached hydrogens (tertiary/aromatic N) is 2. The lowest BCUT2D eigenvalue weighted by atomic mass is 10.2. The largest absolute Gasteiger partial charge is 0.362 e. The maximum Gasteiger partial charge on any atom is 0.235 e. The molecule has 1 aromatic heterocycles. The molecule has 0 unspecified atom stereocenters. The Labute approximate surface area is 156 Å². The predicted molar refractivity (Wildman–Crippen MR) is 102 cm³/mol. The third-order valence-corrected chi connectivity index (χ3v) is 5.36. The Hall–Kier alpha value is -1.93. The van der Waals surface area contributed by atoms with Crippen molar-refractivity contribution in [3.63, 3.8) is 0 Å². The van der Waals surface area contributed by atoms with Crippen molar-refractivity contribution in [3.8, 4) is 0 Å². The van der Waals surface area contributed by atoms with Crippen LogP contribution in [0.3, 0.4) is 0 Å². The highest BCUT2D eigenvalue weighted by atomic mass is 79.9. The first-order chi connectivity index (χ1) is 11.8. The molecule has 2 aromatic rings. The molecule has 1 amide bonds. The van der Waals surface area contributed by atoms with Gasteiger partial charge in [-0.05, 0) is 23.8 Å². The van der Waals surface area contributed by atoms with Crippen molar-refractivity contribution in [1.82, 2.24) is 10.3 Å². The van der Waals surface area contributed by atoms with E-state index in [2.05, 4.69) is 26.2 Å². The van der Waals surface area contributed by atoms with Gasteiger partial charge >= 0.3 is 0 Å². The Balaban J connectivity index is 1.96. The molecule has 1 aromatic carbocycles. The lowest BCUT2D eigenvalue weighted by Crippen LogP contribution is -2.31. The van der Waals surface area contributed by atoms with Gasteiger partial charge in [0.1, 0.15) is 11.6 Å². The summed E-state index contributed by atoms with van der Waals surface area (Å²) in [5.74, 6) is -0.504. The molecule has 8 heteroatoms. The van der Waals surface area contributed by atoms with Gasteiger partial charge in [-0.1, -0.05) is 34.1 Å². The normalized spacial score (nSPS) is 11.2. The van der Waals surface area contributed by atoms with Crippen molar-refractivity contribution in [1.29, 1.82) is 0 Å². The van der Waals surface area contributed by atoms with Gasteiger partial charge in [-0.25, -0.2) is 13.4 Å². The van der Waals surface area contributed by atoms with E-state index in [1.807, 2.05) is 31.1 Å². The van der Waals surface area contributed by atoms with Crippen molar-refractivity contribution in [2.24, 2.45) is 0 Å². The Morgan fingerprint density at radius 3 is 2.68 bits per heavy atom. The second-order valence-corrected chi connectivity index (χ2v) is 8.80. The van der Waals surface area contributed by atoms with E-state index in [-0.39, 0.29) is 12.3 Å². The molecular formula is C17H20BrN3O3S. The highest BCUT2D eigenvalue weighted by Crippen LogP contribution is 2.15. The lowest BCUT2D eigenvalue weighted by molar-refractivity contribution is -0.118. The van der Waals surface area contributed by atoms with E-state index >= 15 is 0 Å². The number of halogens is 1. The predicted octanol–water partition coefficient (Wildman–Crippen LogP) is 2.14. The molecule has 1 N–H and O–H groups in total. The number of carbonyl (C=O) groups is 1. The minimum Gasteiger partial charge on any atom is -0.362 e. The average Bonchev–Trinajstić information content (AvgIpc) is 2.52. The van der Waals surface area contributed by atoms with Gasteiger partial charge in [0.25, 0.3) is 0 Å². The van der Waals surface area contributed by atoms with Crippen LogP contribution in [0.15, 0.2) is 47.1 Å². The van der Waals surface area contributed by atoms with Gasteiger partial charge < -0.3 is 10.2 Å². The zero-order chi connectivity index (χ0) is 18.4. The number of carbonyl (C=O) groups excluding carboxylic acids is 1. The zero-order valence-electron chi connectivity index (χ0n) is 14.1. The molecule has 0 saturated heterocycles. The van der Waals surface area contributed by atoms with Gasteiger partial charge in [-0.2, -0.15) is 0 Å². The molecule has 0 aliphatic rings. The summed E-state index contributed by atoms with van der Waals surface area (Å²) in [5.41, 5.74) is 1.47. The van der Waals surface area contributed by atoms with Crippen LogP contribution in [0.1, 0.15) is 11.1 Å². The van der Waals surface area contributed by atoms with E-state index < -0.39 is 21.5 Å². The summed E-state index contributed by atoms with van der Waals surface area (Å²) in [6.07, 6.45) is 1.67. The van der Waals surface area contributed by atoms with E-state index in [1.54, 1.807) is 30.5 Å². The molecule has 0 aliphatic carbocycles. The topological polar surface area (TPSA) is 79.4 Å². The number of rotatable bonds is 7. The first kappa shape index (κ1) is 19.4. The van der Waals surface area contributed by atoms with E-state index in [0.717, 1.165) is 15.9 Å². The van der Waals surface area contributed by atoms with Crippen molar-refractivity contribution in [3.05, 3.63) is 58.2 Å². The van der Waals surface area contributed by atoms with Gasteiger partial charge in [-0.3, -0.25) is 4.79 Å². The second-order valence-electron chi connectivity index (χ2n) is 5.82. The monoisotopic (exact) mass is 425 g/mol. The number of amides is 1.